The van der Waals surface area contributed by atoms with Gasteiger partial charge < -0.3 is 14.7 Å². The van der Waals surface area contributed by atoms with Gasteiger partial charge in [-0.25, -0.2) is 0 Å². The highest BCUT2D eigenvalue weighted by Crippen LogP contribution is 2.52. The number of hydrogen-bond acceptors (Lipinski definition) is 5. The number of β-amino-alcohol motifs (C(OH)–C–C–N with tert-alkyl or cyclic N) is 1. The molecule has 210 valence electrons. The molecule has 3 atom stereocenters. The highest BCUT2D eigenvalue weighted by Gasteiger charge is 2.58. The molecule has 2 aliphatic rings. The van der Waals surface area contributed by atoms with E-state index in [9.17, 15) is 14.7 Å². The number of esters is 1. The van der Waals surface area contributed by atoms with Crippen LogP contribution in [-0.4, -0.2) is 65.1 Å². The van der Waals surface area contributed by atoms with Crippen LogP contribution in [0.2, 0.25) is 0 Å². The number of likely N-dealkylation sites (tertiary alicyclic amines) is 1. The Labute approximate surface area is 233 Å². The van der Waals surface area contributed by atoms with Gasteiger partial charge in [0, 0.05) is 44.9 Å². The second-order valence-corrected chi connectivity index (χ2v) is 11.5. The van der Waals surface area contributed by atoms with E-state index in [-0.39, 0.29) is 17.9 Å². The van der Waals surface area contributed by atoms with Gasteiger partial charge in [0.2, 0.25) is 5.91 Å². The Balaban J connectivity index is 1.45. The van der Waals surface area contributed by atoms with Gasteiger partial charge in [-0.05, 0) is 74.8 Å². The smallest absolute Gasteiger partial charge is 0.308 e. The molecule has 0 aromatic heterocycles. The topological polar surface area (TPSA) is 70.1 Å². The summed E-state index contributed by atoms with van der Waals surface area (Å²) in [5.41, 5.74) is 0.848. The minimum absolute atomic E-state index is 0.0467. The van der Waals surface area contributed by atoms with Gasteiger partial charge in [-0.15, -0.1) is 6.58 Å². The summed E-state index contributed by atoms with van der Waals surface area (Å²) in [6, 6.07) is 18.2. The Morgan fingerprint density at radius 1 is 1.13 bits per heavy atom. The van der Waals surface area contributed by atoms with Gasteiger partial charge in [-0.3, -0.25) is 14.5 Å². The molecular weight excluding hydrogens is 488 g/mol. The summed E-state index contributed by atoms with van der Waals surface area (Å²) in [7, 11) is 1.93. The monoisotopic (exact) mass is 532 g/mol. The highest BCUT2D eigenvalue weighted by atomic mass is 16.5. The lowest BCUT2D eigenvalue weighted by Gasteiger charge is -2.59. The molecule has 6 nitrogen and oxygen atoms in total. The third-order valence-corrected chi connectivity index (χ3v) is 8.88. The number of nitrogens with zero attached hydrogens (tertiary/aromatic N) is 2. The Kier molecular flexibility index (Phi) is 9.62. The van der Waals surface area contributed by atoms with E-state index < -0.39 is 11.0 Å². The van der Waals surface area contributed by atoms with Crippen LogP contribution in [0.25, 0.3) is 0 Å². The number of aryl methyl sites for hydroxylation is 1. The van der Waals surface area contributed by atoms with Crippen molar-refractivity contribution >= 4 is 11.9 Å². The molecule has 2 aromatic carbocycles. The van der Waals surface area contributed by atoms with Gasteiger partial charge in [0.05, 0.1) is 5.60 Å². The second-order valence-electron chi connectivity index (χ2n) is 11.5. The van der Waals surface area contributed by atoms with Gasteiger partial charge in [-0.2, -0.15) is 0 Å². The molecule has 1 amide bonds. The minimum atomic E-state index is -0.944. The maximum atomic E-state index is 13.3. The van der Waals surface area contributed by atoms with Crippen molar-refractivity contribution in [1.82, 2.24) is 9.80 Å². The number of amides is 1. The number of fused-ring (bicyclic) bond motifs is 1. The first kappa shape index (κ1) is 29.0. The van der Waals surface area contributed by atoms with Gasteiger partial charge >= 0.3 is 5.97 Å². The van der Waals surface area contributed by atoms with Gasteiger partial charge in [0.25, 0.3) is 0 Å². The first-order chi connectivity index (χ1) is 18.8. The summed E-state index contributed by atoms with van der Waals surface area (Å²) in [6.45, 7) is 7.41. The normalized spacial score (nSPS) is 24.9. The van der Waals surface area contributed by atoms with E-state index in [0.29, 0.717) is 31.6 Å². The van der Waals surface area contributed by atoms with E-state index in [1.165, 1.54) is 12.5 Å². The predicted molar refractivity (Wildman–Crippen MR) is 155 cm³/mol. The van der Waals surface area contributed by atoms with Crippen LogP contribution in [0.3, 0.4) is 0 Å². The quantitative estimate of drug-likeness (QED) is 0.184. The lowest BCUT2D eigenvalue weighted by molar-refractivity contribution is -0.147. The van der Waals surface area contributed by atoms with Crippen LogP contribution in [-0.2, 0) is 21.4 Å². The number of piperidine rings is 1. The molecule has 1 saturated carbocycles. The molecule has 2 aromatic rings. The molecule has 0 spiro atoms. The van der Waals surface area contributed by atoms with Gasteiger partial charge in [-0.1, -0.05) is 55.0 Å². The Hall–Kier alpha value is -2.96. The molecule has 0 bridgehead atoms. The first-order valence-corrected chi connectivity index (χ1v) is 14.4. The fourth-order valence-electron chi connectivity index (χ4n) is 6.73. The molecular formula is C33H44N2O4. The third-order valence-electron chi connectivity index (χ3n) is 8.88. The van der Waals surface area contributed by atoms with E-state index in [4.69, 9.17) is 4.74 Å². The lowest BCUT2D eigenvalue weighted by atomic mass is 9.55. The molecule has 1 aliphatic carbocycles. The number of carbonyl (C=O) groups is 2. The fourth-order valence-corrected chi connectivity index (χ4v) is 6.73. The average Bonchev–Trinajstić information content (AvgIpc) is 2.92. The average molecular weight is 533 g/mol. The van der Waals surface area contributed by atoms with Crippen LogP contribution in [0.5, 0.6) is 5.75 Å². The van der Waals surface area contributed by atoms with Crippen molar-refractivity contribution in [3.05, 3.63) is 78.4 Å². The van der Waals surface area contributed by atoms with Crippen molar-refractivity contribution in [3.63, 3.8) is 0 Å². The molecule has 1 aliphatic heterocycles. The van der Waals surface area contributed by atoms with Crippen LogP contribution in [0.4, 0.5) is 0 Å². The fraction of sp³-hybridized carbons (Fsp3) is 0.515. The molecule has 1 N–H and O–H groups in total. The number of unbranched alkanes of at least 4 members (excludes halogenated alkanes) is 2. The second kappa shape index (κ2) is 12.9. The van der Waals surface area contributed by atoms with Crippen LogP contribution in [0.15, 0.2) is 67.3 Å². The van der Waals surface area contributed by atoms with Crippen molar-refractivity contribution in [1.29, 1.82) is 0 Å². The molecule has 0 unspecified atom stereocenters. The largest absolute Gasteiger partial charge is 0.427 e. The van der Waals surface area contributed by atoms with E-state index >= 15 is 0 Å². The third kappa shape index (κ3) is 6.79. The molecule has 1 saturated heterocycles. The summed E-state index contributed by atoms with van der Waals surface area (Å²) in [4.78, 5) is 29.1. The van der Waals surface area contributed by atoms with E-state index in [2.05, 4.69) is 35.7 Å². The minimum Gasteiger partial charge on any atom is -0.427 e. The standard InChI is InChI=1S/C33H44N2O4/c1-4-21-35-22-20-32(28-15-11-16-30(23-28)39-26(2)36)24-29(18-19-33(32,38)25-35)34(3)31(37)17-10-6-9-14-27-12-7-5-8-13-27/h4-5,7-8,11-13,15-16,23,29,38H,1,6,9-10,14,17-22,24-25H2,2-3H3/t29-,32-,33-/m0/s1. The zero-order valence-corrected chi connectivity index (χ0v) is 23.6. The number of ether oxygens (including phenoxy) is 1. The van der Waals surface area contributed by atoms with Gasteiger partial charge in [0.1, 0.15) is 5.75 Å². The van der Waals surface area contributed by atoms with Gasteiger partial charge in [0.15, 0.2) is 0 Å². The SMILES string of the molecule is C=CCN1CC[C@@]2(c3cccc(OC(C)=O)c3)C[C@@H](N(C)C(=O)CCCCCc3ccccc3)CC[C@]2(O)C1. The first-order valence-electron chi connectivity index (χ1n) is 14.4. The van der Waals surface area contributed by atoms with Crippen molar-refractivity contribution in [2.45, 2.75) is 81.8 Å². The maximum absolute atomic E-state index is 13.3. The van der Waals surface area contributed by atoms with E-state index in [0.717, 1.165) is 57.2 Å². The molecule has 0 radical (unpaired) electrons. The summed E-state index contributed by atoms with van der Waals surface area (Å²) in [6.07, 6.45) is 9.31. The molecule has 4 rings (SSSR count). The summed E-state index contributed by atoms with van der Waals surface area (Å²) in [5.74, 6) is 0.307. The van der Waals surface area contributed by atoms with E-state index in [1.54, 1.807) is 6.07 Å². The van der Waals surface area contributed by atoms with Crippen molar-refractivity contribution in [2.24, 2.45) is 0 Å². The zero-order chi connectivity index (χ0) is 27.9. The Morgan fingerprint density at radius 2 is 1.92 bits per heavy atom. The van der Waals surface area contributed by atoms with Crippen LogP contribution in [0.1, 0.15) is 69.4 Å². The number of rotatable bonds is 11. The van der Waals surface area contributed by atoms with Crippen molar-refractivity contribution in [3.8, 4) is 5.75 Å². The highest BCUT2D eigenvalue weighted by molar-refractivity contribution is 5.76. The molecule has 6 heteroatoms. The summed E-state index contributed by atoms with van der Waals surface area (Å²) >= 11 is 0. The zero-order valence-electron chi connectivity index (χ0n) is 23.6. The van der Waals surface area contributed by atoms with Crippen LogP contribution < -0.4 is 4.74 Å². The number of carbonyl (C=O) groups excluding carboxylic acids is 2. The number of hydrogen-bond donors (Lipinski definition) is 1. The lowest BCUT2D eigenvalue weighted by Crippen LogP contribution is -2.67. The Bertz CT molecular complexity index is 1140. The molecule has 2 fully saturated rings. The van der Waals surface area contributed by atoms with Crippen LogP contribution in [0, 0.1) is 0 Å². The van der Waals surface area contributed by atoms with Crippen molar-refractivity contribution in [2.75, 3.05) is 26.7 Å². The molecule has 1 heterocycles. The summed E-state index contributed by atoms with van der Waals surface area (Å²) < 4.78 is 5.41. The maximum Gasteiger partial charge on any atom is 0.308 e. The Morgan fingerprint density at radius 3 is 2.67 bits per heavy atom. The number of benzene rings is 2. The summed E-state index contributed by atoms with van der Waals surface area (Å²) in [5, 5.41) is 12.2. The predicted octanol–water partition coefficient (Wildman–Crippen LogP) is 5.29. The molecule has 39 heavy (non-hydrogen) atoms. The van der Waals surface area contributed by atoms with E-state index in [1.807, 2.05) is 42.3 Å². The van der Waals surface area contributed by atoms with Crippen LogP contribution >= 0.6 is 0 Å². The van der Waals surface area contributed by atoms with Crippen molar-refractivity contribution < 1.29 is 19.4 Å². The number of aliphatic hydroxyl groups is 1.